The van der Waals surface area contributed by atoms with Gasteiger partial charge in [0, 0.05) is 22.0 Å². The molecule has 0 amide bonds. The maximum Gasteiger partial charge on any atom is 0.416 e. The van der Waals surface area contributed by atoms with Crippen molar-refractivity contribution in [2.24, 2.45) is 0 Å². The minimum absolute atomic E-state index is 0.0101. The first-order valence-corrected chi connectivity index (χ1v) is 11.9. The summed E-state index contributed by atoms with van der Waals surface area (Å²) in [6, 6.07) is 10.8. The van der Waals surface area contributed by atoms with Crippen LogP contribution in [0.5, 0.6) is 0 Å². The van der Waals surface area contributed by atoms with Gasteiger partial charge in [-0.1, -0.05) is 39.0 Å². The molecule has 0 unspecified atom stereocenters. The number of rotatable bonds is 4. The Morgan fingerprint density at radius 1 is 0.829 bits per heavy atom. The fourth-order valence-electron chi connectivity index (χ4n) is 3.25. The third-order valence-electron chi connectivity index (χ3n) is 4.86. The number of hydrogen-bond acceptors (Lipinski definition) is 5. The SMILES string of the molecule is CC(C)(C)c1nnc(Sc2nc(-c3cc(C(F)(F)F)cc(C(F)(F)F)c3)cs2)n1-c1ccccc1. The van der Waals surface area contributed by atoms with E-state index < -0.39 is 23.5 Å². The zero-order chi connectivity index (χ0) is 25.6. The largest absolute Gasteiger partial charge is 0.416 e. The van der Waals surface area contributed by atoms with Gasteiger partial charge in [-0.05, 0) is 42.1 Å². The molecule has 0 fully saturated rings. The van der Waals surface area contributed by atoms with Crippen molar-refractivity contribution in [3.8, 4) is 16.9 Å². The fraction of sp³-hybridized carbons (Fsp3) is 0.261. The average Bonchev–Trinajstić information content (AvgIpc) is 3.40. The number of thiazole rings is 1. The number of benzene rings is 2. The molecule has 0 aliphatic rings. The van der Waals surface area contributed by atoms with E-state index in [9.17, 15) is 26.3 Å². The second-order valence-electron chi connectivity index (χ2n) is 8.62. The maximum absolute atomic E-state index is 13.2. The van der Waals surface area contributed by atoms with Gasteiger partial charge >= 0.3 is 12.4 Å². The summed E-state index contributed by atoms with van der Waals surface area (Å²) in [5.74, 6) is 0.690. The highest BCUT2D eigenvalue weighted by atomic mass is 32.2. The molecule has 4 rings (SSSR count). The molecule has 0 radical (unpaired) electrons. The number of alkyl halides is 6. The van der Waals surface area contributed by atoms with Crippen molar-refractivity contribution < 1.29 is 26.3 Å². The van der Waals surface area contributed by atoms with Gasteiger partial charge in [0.15, 0.2) is 4.34 Å². The summed E-state index contributed by atoms with van der Waals surface area (Å²) in [7, 11) is 0. The van der Waals surface area contributed by atoms with Crippen LogP contribution in [0.15, 0.2) is 63.4 Å². The van der Waals surface area contributed by atoms with Crippen LogP contribution in [0.25, 0.3) is 16.9 Å². The van der Waals surface area contributed by atoms with Crippen LogP contribution in [-0.4, -0.2) is 19.7 Å². The molecule has 12 heteroatoms. The van der Waals surface area contributed by atoms with E-state index in [1.807, 2.05) is 55.7 Å². The highest BCUT2D eigenvalue weighted by Gasteiger charge is 2.37. The molecule has 2 aromatic carbocycles. The van der Waals surface area contributed by atoms with E-state index in [4.69, 9.17) is 0 Å². The highest BCUT2D eigenvalue weighted by Crippen LogP contribution is 2.40. The highest BCUT2D eigenvalue weighted by molar-refractivity contribution is 8.00. The molecule has 0 saturated carbocycles. The van der Waals surface area contributed by atoms with Gasteiger partial charge in [0.2, 0.25) is 5.16 Å². The van der Waals surface area contributed by atoms with Crippen molar-refractivity contribution in [1.29, 1.82) is 0 Å². The molecule has 0 saturated heterocycles. The molecule has 4 aromatic rings. The Balaban J connectivity index is 1.73. The Morgan fingerprint density at radius 3 is 1.97 bits per heavy atom. The Bertz CT molecular complexity index is 1300. The number of aromatic nitrogens is 4. The molecule has 4 nitrogen and oxygen atoms in total. The predicted molar refractivity (Wildman–Crippen MR) is 122 cm³/mol. The number of halogens is 6. The van der Waals surface area contributed by atoms with Crippen molar-refractivity contribution in [3.05, 3.63) is 70.9 Å². The lowest BCUT2D eigenvalue weighted by Crippen LogP contribution is -2.18. The molecule has 184 valence electrons. The van der Waals surface area contributed by atoms with E-state index in [0.29, 0.717) is 27.5 Å². The zero-order valence-electron chi connectivity index (χ0n) is 18.6. The maximum atomic E-state index is 13.2. The summed E-state index contributed by atoms with van der Waals surface area (Å²) in [5.41, 5.74) is -2.56. The third-order valence-corrected chi connectivity index (χ3v) is 6.75. The van der Waals surface area contributed by atoms with Crippen LogP contribution in [-0.2, 0) is 17.8 Å². The summed E-state index contributed by atoms with van der Waals surface area (Å²) in [5, 5.41) is 10.5. The average molecular weight is 529 g/mol. The van der Waals surface area contributed by atoms with Gasteiger partial charge in [0.1, 0.15) is 5.82 Å². The van der Waals surface area contributed by atoms with Crippen LogP contribution in [0.1, 0.15) is 37.7 Å². The summed E-state index contributed by atoms with van der Waals surface area (Å²) in [6.45, 7) is 5.95. The Morgan fingerprint density at radius 2 is 1.43 bits per heavy atom. The van der Waals surface area contributed by atoms with Gasteiger partial charge in [0.25, 0.3) is 0 Å². The summed E-state index contributed by atoms with van der Waals surface area (Å²) in [4.78, 5) is 4.29. The van der Waals surface area contributed by atoms with E-state index in [0.717, 1.165) is 28.8 Å². The molecule has 2 aromatic heterocycles. The van der Waals surface area contributed by atoms with Crippen molar-refractivity contribution in [2.75, 3.05) is 0 Å². The summed E-state index contributed by atoms with van der Waals surface area (Å²) in [6.07, 6.45) is -9.86. The van der Waals surface area contributed by atoms with Crippen molar-refractivity contribution in [2.45, 2.75) is 48.0 Å². The number of para-hydroxylation sites is 1. The topological polar surface area (TPSA) is 43.6 Å². The van der Waals surface area contributed by atoms with Gasteiger partial charge in [-0.15, -0.1) is 21.5 Å². The van der Waals surface area contributed by atoms with Crippen LogP contribution >= 0.6 is 23.1 Å². The first-order valence-electron chi connectivity index (χ1n) is 10.2. The first-order chi connectivity index (χ1) is 16.2. The van der Waals surface area contributed by atoms with Crippen molar-refractivity contribution in [1.82, 2.24) is 19.7 Å². The van der Waals surface area contributed by atoms with Crippen LogP contribution in [0, 0.1) is 0 Å². The van der Waals surface area contributed by atoms with Crippen LogP contribution in [0.4, 0.5) is 26.3 Å². The monoisotopic (exact) mass is 528 g/mol. The lowest BCUT2D eigenvalue weighted by molar-refractivity contribution is -0.143. The molecular formula is C23H18F6N4S2. The third kappa shape index (κ3) is 5.53. The van der Waals surface area contributed by atoms with Crippen LogP contribution < -0.4 is 0 Å². The zero-order valence-corrected chi connectivity index (χ0v) is 20.2. The molecule has 0 aliphatic heterocycles. The molecular weight excluding hydrogens is 510 g/mol. The van der Waals surface area contributed by atoms with Gasteiger partial charge < -0.3 is 0 Å². The normalized spacial score (nSPS) is 12.8. The Hall–Kier alpha value is -2.86. The lowest BCUT2D eigenvalue weighted by Gasteiger charge is -2.19. The second kappa shape index (κ2) is 8.98. The summed E-state index contributed by atoms with van der Waals surface area (Å²) >= 11 is 2.23. The van der Waals surface area contributed by atoms with E-state index in [2.05, 4.69) is 15.2 Å². The first kappa shape index (κ1) is 25.2. The quantitative estimate of drug-likeness (QED) is 0.253. The molecule has 0 bridgehead atoms. The molecule has 35 heavy (non-hydrogen) atoms. The molecule has 0 atom stereocenters. The standard InChI is InChI=1S/C23H18F6N4S2/c1-21(2,3)18-31-32-19(33(18)16-7-5-4-6-8-16)35-20-30-17(12-34-20)13-9-14(22(24,25)26)11-15(10-13)23(27,28)29/h4-12H,1-3H3. The fourth-order valence-corrected chi connectivity index (χ4v) is 5.03. The Labute approximate surface area is 205 Å². The number of nitrogens with zero attached hydrogens (tertiary/aromatic N) is 4. The van der Waals surface area contributed by atoms with Crippen molar-refractivity contribution in [3.63, 3.8) is 0 Å². The Kier molecular flexibility index (Phi) is 6.47. The molecule has 0 N–H and O–H groups in total. The molecule has 2 heterocycles. The van der Waals surface area contributed by atoms with Gasteiger partial charge in [-0.2, -0.15) is 26.3 Å². The summed E-state index contributed by atoms with van der Waals surface area (Å²) < 4.78 is 81.7. The smallest absolute Gasteiger partial charge is 0.273 e. The van der Waals surface area contributed by atoms with Gasteiger partial charge in [-0.3, -0.25) is 4.57 Å². The van der Waals surface area contributed by atoms with Crippen LogP contribution in [0.3, 0.4) is 0 Å². The van der Waals surface area contributed by atoms with Crippen molar-refractivity contribution >= 4 is 23.1 Å². The molecule has 0 spiro atoms. The number of hydrogen-bond donors (Lipinski definition) is 0. The van der Waals surface area contributed by atoms with E-state index in [1.165, 1.54) is 5.38 Å². The second-order valence-corrected chi connectivity index (χ2v) is 10.7. The predicted octanol–water partition coefficient (Wildman–Crippen LogP) is 7.88. The van der Waals surface area contributed by atoms with E-state index in [1.54, 1.807) is 0 Å². The van der Waals surface area contributed by atoms with E-state index >= 15 is 0 Å². The van der Waals surface area contributed by atoms with Gasteiger partial charge in [0.05, 0.1) is 16.8 Å². The van der Waals surface area contributed by atoms with Crippen LogP contribution in [0.2, 0.25) is 0 Å². The lowest BCUT2D eigenvalue weighted by atomic mass is 9.95. The molecule has 0 aliphatic carbocycles. The minimum atomic E-state index is -4.93. The minimum Gasteiger partial charge on any atom is -0.273 e. The van der Waals surface area contributed by atoms with Gasteiger partial charge in [-0.25, -0.2) is 4.98 Å². The van der Waals surface area contributed by atoms with E-state index in [-0.39, 0.29) is 22.7 Å².